The molecule has 0 radical (unpaired) electrons. The lowest BCUT2D eigenvalue weighted by molar-refractivity contribution is -0.114. The van der Waals surface area contributed by atoms with Crippen molar-refractivity contribution in [3.63, 3.8) is 0 Å². The standard InChI is InChI=1S/C26H32N4O3S2/c1-20(2)18-32-24(16-27)17-29-21(3)35-34-15-14-28-26(31)25(23-12-8-5-9-13-23)30-33-19-22-10-6-4-7-11-22/h4-13,16-17,20H,3,14-15,18-19,27H2,1-2H3,(H,28,31)/b24-16+,29-17?,30-25-. The van der Waals surface area contributed by atoms with Gasteiger partial charge in [-0.1, -0.05) is 97.0 Å². The average Bonchev–Trinajstić information content (AvgIpc) is 2.87. The number of hydrogen-bond acceptors (Lipinski definition) is 8. The number of nitrogens with one attached hydrogen (secondary N) is 1. The predicted octanol–water partition coefficient (Wildman–Crippen LogP) is 5.12. The number of benzene rings is 2. The van der Waals surface area contributed by atoms with Gasteiger partial charge in [0, 0.05) is 24.1 Å². The Labute approximate surface area is 215 Å². The van der Waals surface area contributed by atoms with Gasteiger partial charge in [0.25, 0.3) is 5.91 Å². The van der Waals surface area contributed by atoms with Gasteiger partial charge < -0.3 is 20.6 Å². The molecule has 0 bridgehead atoms. The van der Waals surface area contributed by atoms with Gasteiger partial charge in [0.2, 0.25) is 0 Å². The van der Waals surface area contributed by atoms with Gasteiger partial charge >= 0.3 is 0 Å². The Morgan fingerprint density at radius 1 is 1.14 bits per heavy atom. The summed E-state index contributed by atoms with van der Waals surface area (Å²) in [5.41, 5.74) is 7.45. The van der Waals surface area contributed by atoms with Gasteiger partial charge in [0.1, 0.15) is 6.61 Å². The fourth-order valence-corrected chi connectivity index (χ4v) is 4.05. The lowest BCUT2D eigenvalue weighted by Crippen LogP contribution is -2.33. The normalized spacial score (nSPS) is 12.1. The van der Waals surface area contributed by atoms with Crippen LogP contribution in [-0.2, 0) is 21.0 Å². The fourth-order valence-electron chi connectivity index (χ4n) is 2.51. The van der Waals surface area contributed by atoms with E-state index >= 15 is 0 Å². The van der Waals surface area contributed by atoms with E-state index in [9.17, 15) is 4.79 Å². The van der Waals surface area contributed by atoms with Gasteiger partial charge in [-0.25, -0.2) is 4.99 Å². The first-order chi connectivity index (χ1) is 17.0. The lowest BCUT2D eigenvalue weighted by Gasteiger charge is -2.09. The van der Waals surface area contributed by atoms with Crippen molar-refractivity contribution < 1.29 is 14.4 Å². The lowest BCUT2D eigenvalue weighted by atomic mass is 10.1. The van der Waals surface area contributed by atoms with Crippen LogP contribution in [0.3, 0.4) is 0 Å². The van der Waals surface area contributed by atoms with Crippen LogP contribution in [0.2, 0.25) is 0 Å². The van der Waals surface area contributed by atoms with E-state index in [4.69, 9.17) is 15.3 Å². The fraction of sp³-hybridized carbons (Fsp3) is 0.269. The van der Waals surface area contributed by atoms with E-state index in [1.807, 2.05) is 60.7 Å². The zero-order valence-electron chi connectivity index (χ0n) is 20.1. The van der Waals surface area contributed by atoms with Crippen molar-refractivity contribution in [2.24, 2.45) is 21.8 Å². The molecule has 186 valence electrons. The highest BCUT2D eigenvalue weighted by atomic mass is 33.1. The van der Waals surface area contributed by atoms with Crippen molar-refractivity contribution in [1.82, 2.24) is 5.32 Å². The number of nitrogens with zero attached hydrogens (tertiary/aromatic N) is 2. The number of carbonyl (C=O) groups is 1. The Hall–Kier alpha value is -3.17. The number of amides is 1. The zero-order chi connectivity index (χ0) is 25.3. The molecule has 9 heteroatoms. The number of ether oxygens (including phenoxy) is 1. The summed E-state index contributed by atoms with van der Waals surface area (Å²) in [4.78, 5) is 22.5. The molecule has 0 unspecified atom stereocenters. The number of oxime groups is 1. The van der Waals surface area contributed by atoms with Crippen LogP contribution < -0.4 is 11.1 Å². The topological polar surface area (TPSA) is 98.3 Å². The summed E-state index contributed by atoms with van der Waals surface area (Å²) < 4.78 is 5.55. The first-order valence-corrected chi connectivity index (χ1v) is 13.5. The second-order valence-corrected chi connectivity index (χ2v) is 10.1. The summed E-state index contributed by atoms with van der Waals surface area (Å²) >= 11 is 0. The molecule has 0 heterocycles. The summed E-state index contributed by atoms with van der Waals surface area (Å²) in [7, 11) is 2.95. The van der Waals surface area contributed by atoms with E-state index in [-0.39, 0.29) is 18.2 Å². The number of nitrogens with two attached hydrogens (primary N) is 1. The van der Waals surface area contributed by atoms with Crippen molar-refractivity contribution in [3.05, 3.63) is 95.4 Å². The SMILES string of the molecule is C=C(N=C/C(=C\N)OCC(C)C)SSCCNC(=O)/C(=N\OCc1ccccc1)c1ccccc1. The molecule has 0 aliphatic carbocycles. The summed E-state index contributed by atoms with van der Waals surface area (Å²) in [6.45, 7) is 9.32. The highest BCUT2D eigenvalue weighted by Gasteiger charge is 2.14. The number of hydrogen-bond donors (Lipinski definition) is 2. The monoisotopic (exact) mass is 512 g/mol. The smallest absolute Gasteiger partial charge is 0.273 e. The maximum atomic E-state index is 12.8. The molecule has 0 saturated heterocycles. The molecule has 2 aromatic carbocycles. The van der Waals surface area contributed by atoms with Crippen LogP contribution in [0, 0.1) is 5.92 Å². The molecular formula is C26H32N4O3S2. The van der Waals surface area contributed by atoms with Gasteiger partial charge in [-0.3, -0.25) is 4.79 Å². The van der Waals surface area contributed by atoms with Crippen LogP contribution >= 0.6 is 21.6 Å². The predicted molar refractivity (Wildman–Crippen MR) is 148 cm³/mol. The van der Waals surface area contributed by atoms with Crippen LogP contribution in [-0.4, -0.2) is 36.7 Å². The second kappa shape index (κ2) is 16.5. The van der Waals surface area contributed by atoms with E-state index in [1.165, 1.54) is 27.8 Å². The molecule has 0 fully saturated rings. The van der Waals surface area contributed by atoms with Crippen LogP contribution in [0.25, 0.3) is 0 Å². The summed E-state index contributed by atoms with van der Waals surface area (Å²) in [6, 6.07) is 18.9. The minimum atomic E-state index is -0.299. The summed E-state index contributed by atoms with van der Waals surface area (Å²) in [5.74, 6) is 1.25. The molecular weight excluding hydrogens is 480 g/mol. The van der Waals surface area contributed by atoms with Crippen LogP contribution in [0.1, 0.15) is 25.0 Å². The van der Waals surface area contributed by atoms with E-state index in [1.54, 1.807) is 6.21 Å². The first kappa shape index (κ1) is 28.1. The Bertz CT molecular complexity index is 1010. The van der Waals surface area contributed by atoms with Crippen molar-refractivity contribution >= 4 is 39.4 Å². The van der Waals surface area contributed by atoms with Gasteiger partial charge in [-0.15, -0.1) is 0 Å². The highest BCUT2D eigenvalue weighted by molar-refractivity contribution is 8.78. The highest BCUT2D eigenvalue weighted by Crippen LogP contribution is 2.29. The average molecular weight is 513 g/mol. The minimum absolute atomic E-state index is 0.232. The molecule has 0 saturated carbocycles. The molecule has 2 aromatic rings. The quantitative estimate of drug-likeness (QED) is 0.113. The third-order valence-electron chi connectivity index (χ3n) is 4.20. The molecule has 7 nitrogen and oxygen atoms in total. The summed E-state index contributed by atoms with van der Waals surface area (Å²) in [6.07, 6.45) is 2.93. The van der Waals surface area contributed by atoms with E-state index in [0.717, 1.165) is 5.56 Å². The molecule has 0 aliphatic heterocycles. The second-order valence-electron chi connectivity index (χ2n) is 7.65. The van der Waals surface area contributed by atoms with Crippen molar-refractivity contribution in [2.45, 2.75) is 20.5 Å². The van der Waals surface area contributed by atoms with E-state index in [2.05, 4.69) is 35.9 Å². The van der Waals surface area contributed by atoms with E-state index < -0.39 is 0 Å². The van der Waals surface area contributed by atoms with Gasteiger partial charge in [0.15, 0.2) is 11.5 Å². The maximum Gasteiger partial charge on any atom is 0.273 e. The summed E-state index contributed by atoms with van der Waals surface area (Å²) in [5, 5.41) is 7.62. The molecule has 1 amide bonds. The molecule has 2 rings (SSSR count). The third-order valence-corrected chi connectivity index (χ3v) is 6.42. The number of aliphatic imine (C=N–C) groups is 1. The van der Waals surface area contributed by atoms with Gasteiger partial charge in [-0.05, 0) is 22.3 Å². The molecule has 3 N–H and O–H groups in total. The third kappa shape index (κ3) is 11.7. The molecule has 0 aromatic heterocycles. The minimum Gasteiger partial charge on any atom is -0.490 e. The number of allylic oxidation sites excluding steroid dienone is 1. The molecule has 0 aliphatic rings. The largest absolute Gasteiger partial charge is 0.490 e. The molecule has 0 spiro atoms. The Morgan fingerprint density at radius 3 is 2.49 bits per heavy atom. The first-order valence-electron chi connectivity index (χ1n) is 11.1. The van der Waals surface area contributed by atoms with E-state index in [0.29, 0.717) is 41.2 Å². The van der Waals surface area contributed by atoms with Crippen LogP contribution in [0.15, 0.2) is 94.4 Å². The Morgan fingerprint density at radius 2 is 1.83 bits per heavy atom. The van der Waals surface area contributed by atoms with Crippen LogP contribution in [0.4, 0.5) is 0 Å². The van der Waals surface area contributed by atoms with Crippen molar-refractivity contribution in [3.8, 4) is 0 Å². The molecule has 0 atom stereocenters. The van der Waals surface area contributed by atoms with Crippen molar-refractivity contribution in [1.29, 1.82) is 0 Å². The maximum absolute atomic E-state index is 12.8. The number of rotatable bonds is 15. The van der Waals surface area contributed by atoms with Gasteiger partial charge in [0.05, 0.1) is 17.9 Å². The molecule has 35 heavy (non-hydrogen) atoms. The zero-order valence-corrected chi connectivity index (χ0v) is 21.7. The van der Waals surface area contributed by atoms with Gasteiger partial charge in [-0.2, -0.15) is 0 Å². The van der Waals surface area contributed by atoms with Crippen molar-refractivity contribution in [2.75, 3.05) is 18.9 Å². The Kier molecular flexibility index (Phi) is 13.2. The Balaban J connectivity index is 1.79. The number of carbonyl (C=O) groups excluding carboxylic acids is 1. The van der Waals surface area contributed by atoms with Crippen LogP contribution in [0.5, 0.6) is 0 Å².